The summed E-state index contributed by atoms with van der Waals surface area (Å²) in [5.41, 5.74) is 2.26. The zero-order valence-electron chi connectivity index (χ0n) is 16.5. The molecular formula is C23H23N3O3. The third-order valence-electron chi connectivity index (χ3n) is 4.52. The van der Waals surface area contributed by atoms with Gasteiger partial charge in [0.15, 0.2) is 5.76 Å². The maximum Gasteiger partial charge on any atom is 0.291 e. The number of benzene rings is 2. The number of amides is 1. The monoisotopic (exact) mass is 389 g/mol. The Bertz CT molecular complexity index is 999. The maximum atomic E-state index is 12.4. The highest BCUT2D eigenvalue weighted by Gasteiger charge is 2.13. The molecule has 0 aliphatic heterocycles. The topological polar surface area (TPSA) is 78.5 Å². The quantitative estimate of drug-likeness (QED) is 0.597. The molecule has 148 valence electrons. The molecule has 0 radical (unpaired) electrons. The number of anilines is 2. The zero-order valence-corrected chi connectivity index (χ0v) is 16.5. The molecule has 1 aromatic heterocycles. The number of hydrogen-bond donors (Lipinski definition) is 1. The maximum absolute atomic E-state index is 12.4. The lowest BCUT2D eigenvalue weighted by molar-refractivity contribution is 0.0992. The lowest BCUT2D eigenvalue weighted by Crippen LogP contribution is -2.21. The standard InChI is InChI=1S/C23H23N3O3/c1-3-26(4-2)19-11-9-18(10-12-19)25-23(27)22-14-13-20(29-22)16-28-21-8-6-5-7-17(21)15-24/h5-14H,3-4,16H2,1-2H3,(H,25,27). The van der Waals surface area contributed by atoms with Crippen molar-refractivity contribution in [1.82, 2.24) is 0 Å². The van der Waals surface area contributed by atoms with Crippen molar-refractivity contribution in [2.45, 2.75) is 20.5 Å². The third-order valence-corrected chi connectivity index (χ3v) is 4.52. The normalized spacial score (nSPS) is 10.2. The Morgan fingerprint density at radius 2 is 1.79 bits per heavy atom. The van der Waals surface area contributed by atoms with Gasteiger partial charge in [0.2, 0.25) is 0 Å². The van der Waals surface area contributed by atoms with Gasteiger partial charge in [-0.05, 0) is 62.4 Å². The third kappa shape index (κ3) is 4.96. The fraction of sp³-hybridized carbons (Fsp3) is 0.217. The van der Waals surface area contributed by atoms with Crippen LogP contribution in [0, 0.1) is 11.3 Å². The van der Waals surface area contributed by atoms with E-state index in [9.17, 15) is 4.79 Å². The predicted molar refractivity (Wildman–Crippen MR) is 112 cm³/mol. The Morgan fingerprint density at radius 3 is 2.48 bits per heavy atom. The molecule has 0 unspecified atom stereocenters. The van der Waals surface area contributed by atoms with Crippen molar-refractivity contribution in [3.8, 4) is 11.8 Å². The van der Waals surface area contributed by atoms with E-state index in [4.69, 9.17) is 14.4 Å². The second-order valence-corrected chi connectivity index (χ2v) is 6.34. The van der Waals surface area contributed by atoms with E-state index in [0.29, 0.717) is 22.8 Å². The highest BCUT2D eigenvalue weighted by Crippen LogP contribution is 2.21. The molecule has 3 aromatic rings. The van der Waals surface area contributed by atoms with Crippen LogP contribution >= 0.6 is 0 Å². The van der Waals surface area contributed by atoms with Crippen molar-refractivity contribution >= 4 is 17.3 Å². The summed E-state index contributed by atoms with van der Waals surface area (Å²) < 4.78 is 11.2. The van der Waals surface area contributed by atoms with Gasteiger partial charge >= 0.3 is 0 Å². The Kier molecular flexibility index (Phi) is 6.54. The van der Waals surface area contributed by atoms with Crippen LogP contribution in [0.3, 0.4) is 0 Å². The van der Waals surface area contributed by atoms with Crippen LogP contribution in [0.15, 0.2) is 65.1 Å². The molecule has 0 saturated heterocycles. The van der Waals surface area contributed by atoms with Crippen LogP contribution in [0.4, 0.5) is 11.4 Å². The number of rotatable bonds is 8. The number of carbonyl (C=O) groups excluding carboxylic acids is 1. The first-order valence-electron chi connectivity index (χ1n) is 9.51. The van der Waals surface area contributed by atoms with E-state index in [1.54, 1.807) is 36.4 Å². The average molecular weight is 389 g/mol. The van der Waals surface area contributed by atoms with Gasteiger partial charge in [0.05, 0.1) is 5.56 Å². The van der Waals surface area contributed by atoms with Gasteiger partial charge in [0.25, 0.3) is 5.91 Å². The van der Waals surface area contributed by atoms with Crippen LogP contribution in [0.1, 0.15) is 35.7 Å². The van der Waals surface area contributed by atoms with E-state index >= 15 is 0 Å². The second-order valence-electron chi connectivity index (χ2n) is 6.34. The van der Waals surface area contributed by atoms with Crippen LogP contribution in [0.2, 0.25) is 0 Å². The minimum absolute atomic E-state index is 0.130. The van der Waals surface area contributed by atoms with Crippen molar-refractivity contribution in [2.24, 2.45) is 0 Å². The molecule has 2 aromatic carbocycles. The fourth-order valence-corrected chi connectivity index (χ4v) is 2.95. The van der Waals surface area contributed by atoms with Gasteiger partial charge in [-0.2, -0.15) is 5.26 Å². The number of nitrogens with zero attached hydrogens (tertiary/aromatic N) is 2. The molecule has 0 bridgehead atoms. The van der Waals surface area contributed by atoms with Gasteiger partial charge in [-0.1, -0.05) is 12.1 Å². The smallest absolute Gasteiger partial charge is 0.291 e. The van der Waals surface area contributed by atoms with Crippen LogP contribution in [-0.4, -0.2) is 19.0 Å². The van der Waals surface area contributed by atoms with Crippen molar-refractivity contribution in [2.75, 3.05) is 23.3 Å². The molecule has 1 N–H and O–H groups in total. The fourth-order valence-electron chi connectivity index (χ4n) is 2.95. The van der Waals surface area contributed by atoms with Crippen LogP contribution in [0.5, 0.6) is 5.75 Å². The Morgan fingerprint density at radius 1 is 1.07 bits per heavy atom. The number of hydrogen-bond acceptors (Lipinski definition) is 5. The molecule has 1 amide bonds. The minimum Gasteiger partial charge on any atom is -0.484 e. The van der Waals surface area contributed by atoms with Crippen LogP contribution in [-0.2, 0) is 6.61 Å². The summed E-state index contributed by atoms with van der Waals surface area (Å²) in [6, 6.07) is 20.1. The lowest BCUT2D eigenvalue weighted by atomic mass is 10.2. The molecule has 0 aliphatic carbocycles. The minimum atomic E-state index is -0.329. The van der Waals surface area contributed by atoms with E-state index in [2.05, 4.69) is 30.1 Å². The van der Waals surface area contributed by atoms with E-state index in [1.807, 2.05) is 24.3 Å². The summed E-state index contributed by atoms with van der Waals surface area (Å²) in [4.78, 5) is 14.7. The number of nitriles is 1. The van der Waals surface area contributed by atoms with E-state index in [0.717, 1.165) is 18.8 Å². The van der Waals surface area contributed by atoms with Crippen molar-refractivity contribution in [1.29, 1.82) is 5.26 Å². The Balaban J connectivity index is 1.60. The second kappa shape index (κ2) is 9.47. The number of furan rings is 1. The van der Waals surface area contributed by atoms with E-state index in [-0.39, 0.29) is 18.3 Å². The SMILES string of the molecule is CCN(CC)c1ccc(NC(=O)c2ccc(COc3ccccc3C#N)o2)cc1. The van der Waals surface area contributed by atoms with Gasteiger partial charge in [-0.15, -0.1) is 0 Å². The zero-order chi connectivity index (χ0) is 20.6. The number of nitrogens with one attached hydrogen (secondary N) is 1. The summed E-state index contributed by atoms with van der Waals surface area (Å²) in [6.07, 6.45) is 0. The van der Waals surface area contributed by atoms with Gasteiger partial charge in [0, 0.05) is 24.5 Å². The molecule has 0 spiro atoms. The summed E-state index contributed by atoms with van der Waals surface area (Å²) in [6.45, 7) is 6.20. The Labute approximate surface area is 170 Å². The molecule has 6 heteroatoms. The first-order valence-corrected chi connectivity index (χ1v) is 9.51. The average Bonchev–Trinajstić information content (AvgIpc) is 3.24. The summed E-state index contributed by atoms with van der Waals surface area (Å²) >= 11 is 0. The molecular weight excluding hydrogens is 366 g/mol. The first kappa shape index (κ1) is 20.0. The van der Waals surface area contributed by atoms with Gasteiger partial charge in [-0.25, -0.2) is 0 Å². The van der Waals surface area contributed by atoms with Gasteiger partial charge in [0.1, 0.15) is 24.2 Å². The molecule has 0 aliphatic rings. The lowest BCUT2D eigenvalue weighted by Gasteiger charge is -2.21. The van der Waals surface area contributed by atoms with E-state index < -0.39 is 0 Å². The molecule has 3 rings (SSSR count). The molecule has 0 fully saturated rings. The van der Waals surface area contributed by atoms with Gasteiger partial charge < -0.3 is 19.4 Å². The van der Waals surface area contributed by atoms with Crippen LogP contribution in [0.25, 0.3) is 0 Å². The predicted octanol–water partition coefficient (Wildman–Crippen LogP) is 4.83. The van der Waals surface area contributed by atoms with E-state index in [1.165, 1.54) is 0 Å². The largest absolute Gasteiger partial charge is 0.484 e. The number of para-hydroxylation sites is 1. The molecule has 6 nitrogen and oxygen atoms in total. The molecule has 0 saturated carbocycles. The van der Waals surface area contributed by atoms with Gasteiger partial charge in [-0.3, -0.25) is 4.79 Å². The van der Waals surface area contributed by atoms with Crippen molar-refractivity contribution < 1.29 is 13.9 Å². The number of ether oxygens (including phenoxy) is 1. The summed E-state index contributed by atoms with van der Waals surface area (Å²) in [5, 5.41) is 11.9. The van der Waals surface area contributed by atoms with Crippen LogP contribution < -0.4 is 15.0 Å². The molecule has 29 heavy (non-hydrogen) atoms. The first-order chi connectivity index (χ1) is 14.1. The van der Waals surface area contributed by atoms with Crippen molar-refractivity contribution in [3.05, 3.63) is 77.7 Å². The summed E-state index contributed by atoms with van der Waals surface area (Å²) in [7, 11) is 0. The number of carbonyl (C=O) groups is 1. The highest BCUT2D eigenvalue weighted by molar-refractivity contribution is 6.02. The van der Waals surface area contributed by atoms with Crippen molar-refractivity contribution in [3.63, 3.8) is 0 Å². The molecule has 1 heterocycles. The highest BCUT2D eigenvalue weighted by atomic mass is 16.5. The molecule has 0 atom stereocenters. The Hall–Kier alpha value is -3.72. The summed E-state index contributed by atoms with van der Waals surface area (Å²) in [5.74, 6) is 0.847.